The van der Waals surface area contributed by atoms with E-state index in [0.29, 0.717) is 0 Å². The van der Waals surface area contributed by atoms with Crippen molar-refractivity contribution in [1.29, 1.82) is 0 Å². The normalized spacial score (nSPS) is 10.5. The molecule has 1 heterocycles. The summed E-state index contributed by atoms with van der Waals surface area (Å²) < 4.78 is 0. The van der Waals surface area contributed by atoms with Crippen LogP contribution in [0.15, 0.2) is 35.5 Å². The molecule has 0 bridgehead atoms. The van der Waals surface area contributed by atoms with E-state index in [-0.39, 0.29) is 0 Å². The summed E-state index contributed by atoms with van der Waals surface area (Å²) in [5, 5.41) is 1.30. The van der Waals surface area contributed by atoms with Crippen LogP contribution >= 0.6 is 0 Å². The molecular formula is C11H12N2. The molecule has 2 nitrogen and oxygen atoms in total. The molecule has 0 aliphatic carbocycles. The van der Waals surface area contributed by atoms with Crippen molar-refractivity contribution in [1.82, 2.24) is 4.98 Å². The van der Waals surface area contributed by atoms with E-state index in [0.717, 1.165) is 13.0 Å². The lowest BCUT2D eigenvalue weighted by Gasteiger charge is -1.94. The maximum Gasteiger partial charge on any atom is 0.0456 e. The van der Waals surface area contributed by atoms with Crippen LogP contribution < -0.4 is 0 Å². The topological polar surface area (TPSA) is 28.1 Å². The molecule has 1 aromatic heterocycles. The number of fused-ring (bicyclic) bond motifs is 1. The highest BCUT2D eigenvalue weighted by molar-refractivity contribution is 5.83. The summed E-state index contributed by atoms with van der Waals surface area (Å²) in [7, 11) is 0. The predicted octanol–water partition coefficient (Wildman–Crippen LogP) is 2.41. The predicted molar refractivity (Wildman–Crippen MR) is 56.4 cm³/mol. The standard InChI is InChI=1S/C11H12N2/c1-12-7-6-9-8-13-11-5-3-2-4-10(9)11/h2-5,8,13H,1,6-7H2. The Kier molecular flexibility index (Phi) is 2.13. The van der Waals surface area contributed by atoms with E-state index < -0.39 is 0 Å². The van der Waals surface area contributed by atoms with Gasteiger partial charge in [0.25, 0.3) is 0 Å². The molecule has 2 aromatic rings. The quantitative estimate of drug-likeness (QED) is 0.689. The lowest BCUT2D eigenvalue weighted by molar-refractivity contribution is 0.985. The van der Waals surface area contributed by atoms with Gasteiger partial charge in [0.1, 0.15) is 0 Å². The highest BCUT2D eigenvalue weighted by Gasteiger charge is 2.00. The summed E-state index contributed by atoms with van der Waals surface area (Å²) in [5.74, 6) is 0. The van der Waals surface area contributed by atoms with Crippen LogP contribution in [-0.4, -0.2) is 18.2 Å². The number of hydrogen-bond donors (Lipinski definition) is 1. The van der Waals surface area contributed by atoms with Gasteiger partial charge in [0.05, 0.1) is 0 Å². The summed E-state index contributed by atoms with van der Waals surface area (Å²) in [5.41, 5.74) is 2.52. The Balaban J connectivity index is 2.40. The Hall–Kier alpha value is -1.57. The van der Waals surface area contributed by atoms with Gasteiger partial charge in [-0.05, 0) is 24.8 Å². The number of para-hydroxylation sites is 1. The first-order valence-electron chi connectivity index (χ1n) is 4.39. The fourth-order valence-electron chi connectivity index (χ4n) is 1.54. The number of aliphatic imine (C=N–C) groups is 1. The Labute approximate surface area is 77.3 Å². The molecule has 13 heavy (non-hydrogen) atoms. The lowest BCUT2D eigenvalue weighted by atomic mass is 10.1. The number of nitrogens with one attached hydrogen (secondary N) is 1. The number of benzene rings is 1. The third-order valence-corrected chi connectivity index (χ3v) is 2.21. The van der Waals surface area contributed by atoms with Gasteiger partial charge in [0.15, 0.2) is 0 Å². The van der Waals surface area contributed by atoms with E-state index in [1.807, 2.05) is 6.07 Å². The molecule has 0 unspecified atom stereocenters. The highest BCUT2D eigenvalue weighted by Crippen LogP contribution is 2.17. The van der Waals surface area contributed by atoms with Crippen LogP contribution in [0.3, 0.4) is 0 Å². The van der Waals surface area contributed by atoms with Crippen LogP contribution in [0.25, 0.3) is 10.9 Å². The number of nitrogens with zero attached hydrogens (tertiary/aromatic N) is 1. The lowest BCUT2D eigenvalue weighted by Crippen LogP contribution is -1.86. The molecule has 0 atom stereocenters. The summed E-state index contributed by atoms with van der Waals surface area (Å²) in [6, 6.07) is 8.31. The molecular weight excluding hydrogens is 160 g/mol. The van der Waals surface area contributed by atoms with E-state index >= 15 is 0 Å². The van der Waals surface area contributed by atoms with Gasteiger partial charge in [0.2, 0.25) is 0 Å². The molecule has 1 aromatic carbocycles. The van der Waals surface area contributed by atoms with Crippen LogP contribution in [0.1, 0.15) is 5.56 Å². The largest absolute Gasteiger partial charge is 0.361 e. The summed E-state index contributed by atoms with van der Waals surface area (Å²) in [4.78, 5) is 7.09. The maximum absolute atomic E-state index is 3.85. The van der Waals surface area contributed by atoms with Crippen LogP contribution in [0.4, 0.5) is 0 Å². The van der Waals surface area contributed by atoms with Gasteiger partial charge < -0.3 is 9.98 Å². The second kappa shape index (κ2) is 3.44. The molecule has 2 rings (SSSR count). The minimum atomic E-state index is 0.793. The van der Waals surface area contributed by atoms with Crippen molar-refractivity contribution in [3.8, 4) is 0 Å². The first kappa shape index (κ1) is 8.05. The van der Waals surface area contributed by atoms with E-state index in [1.165, 1.54) is 16.5 Å². The van der Waals surface area contributed by atoms with Crippen LogP contribution in [-0.2, 0) is 6.42 Å². The van der Waals surface area contributed by atoms with E-state index in [2.05, 4.69) is 41.1 Å². The number of hydrogen-bond acceptors (Lipinski definition) is 1. The molecule has 0 fully saturated rings. The van der Waals surface area contributed by atoms with Crippen molar-refractivity contribution in [2.24, 2.45) is 4.99 Å². The smallest absolute Gasteiger partial charge is 0.0456 e. The SMILES string of the molecule is C=NCCc1c[nH]c2ccccc12. The summed E-state index contributed by atoms with van der Waals surface area (Å²) >= 11 is 0. The Morgan fingerprint density at radius 2 is 2.15 bits per heavy atom. The van der Waals surface area contributed by atoms with Crippen molar-refractivity contribution in [3.05, 3.63) is 36.0 Å². The van der Waals surface area contributed by atoms with Gasteiger partial charge in [-0.25, -0.2) is 0 Å². The summed E-state index contributed by atoms with van der Waals surface area (Å²) in [6.07, 6.45) is 3.02. The van der Waals surface area contributed by atoms with E-state index in [9.17, 15) is 0 Å². The van der Waals surface area contributed by atoms with Gasteiger partial charge in [0, 0.05) is 23.6 Å². The van der Waals surface area contributed by atoms with Crippen molar-refractivity contribution >= 4 is 17.6 Å². The van der Waals surface area contributed by atoms with Gasteiger partial charge >= 0.3 is 0 Å². The van der Waals surface area contributed by atoms with Gasteiger partial charge in [-0.3, -0.25) is 0 Å². The molecule has 2 heteroatoms. The maximum atomic E-state index is 3.85. The first-order chi connectivity index (χ1) is 6.42. The minimum absolute atomic E-state index is 0.793. The zero-order valence-corrected chi connectivity index (χ0v) is 7.46. The molecule has 1 N–H and O–H groups in total. The fraction of sp³-hybridized carbons (Fsp3) is 0.182. The number of aromatic amines is 1. The van der Waals surface area contributed by atoms with Gasteiger partial charge in [-0.15, -0.1) is 0 Å². The number of H-pyrrole nitrogens is 1. The second-order valence-corrected chi connectivity index (χ2v) is 3.06. The van der Waals surface area contributed by atoms with Crippen LogP contribution in [0, 0.1) is 0 Å². The molecule has 0 saturated carbocycles. The Morgan fingerprint density at radius 3 is 3.00 bits per heavy atom. The Bertz CT molecular complexity index is 415. The third-order valence-electron chi connectivity index (χ3n) is 2.21. The molecule has 0 aliphatic rings. The molecule has 0 radical (unpaired) electrons. The van der Waals surface area contributed by atoms with Crippen LogP contribution in [0.5, 0.6) is 0 Å². The minimum Gasteiger partial charge on any atom is -0.361 e. The molecule has 66 valence electrons. The van der Waals surface area contributed by atoms with Crippen molar-refractivity contribution in [2.75, 3.05) is 6.54 Å². The zero-order valence-electron chi connectivity index (χ0n) is 7.46. The number of aromatic nitrogens is 1. The van der Waals surface area contributed by atoms with E-state index in [1.54, 1.807) is 0 Å². The van der Waals surface area contributed by atoms with Crippen LogP contribution in [0.2, 0.25) is 0 Å². The average molecular weight is 172 g/mol. The van der Waals surface area contributed by atoms with Gasteiger partial charge in [-0.1, -0.05) is 18.2 Å². The second-order valence-electron chi connectivity index (χ2n) is 3.06. The van der Waals surface area contributed by atoms with Crippen molar-refractivity contribution in [3.63, 3.8) is 0 Å². The third kappa shape index (κ3) is 1.47. The average Bonchev–Trinajstić information content (AvgIpc) is 2.58. The van der Waals surface area contributed by atoms with E-state index in [4.69, 9.17) is 0 Å². The molecule has 0 spiro atoms. The first-order valence-corrected chi connectivity index (χ1v) is 4.39. The molecule has 0 aliphatic heterocycles. The monoisotopic (exact) mass is 172 g/mol. The van der Waals surface area contributed by atoms with Crippen molar-refractivity contribution in [2.45, 2.75) is 6.42 Å². The molecule has 0 amide bonds. The summed E-state index contributed by atoms with van der Waals surface area (Å²) in [6.45, 7) is 4.27. The zero-order chi connectivity index (χ0) is 9.10. The fourth-order valence-corrected chi connectivity index (χ4v) is 1.54. The van der Waals surface area contributed by atoms with Gasteiger partial charge in [-0.2, -0.15) is 0 Å². The Morgan fingerprint density at radius 1 is 1.31 bits per heavy atom. The van der Waals surface area contributed by atoms with Crippen molar-refractivity contribution < 1.29 is 0 Å². The number of rotatable bonds is 3. The molecule has 0 saturated heterocycles. The highest BCUT2D eigenvalue weighted by atomic mass is 14.7.